The lowest BCUT2D eigenvalue weighted by atomic mass is 10.1. The number of piperidine rings is 1. The molecule has 256 valence electrons. The summed E-state index contributed by atoms with van der Waals surface area (Å²) in [7, 11) is 0. The van der Waals surface area contributed by atoms with Crippen molar-refractivity contribution in [2.24, 2.45) is 0 Å². The fourth-order valence-corrected chi connectivity index (χ4v) is 5.70. The van der Waals surface area contributed by atoms with Gasteiger partial charge in [0, 0.05) is 62.0 Å². The largest absolute Gasteiger partial charge is 0.416 e. The van der Waals surface area contributed by atoms with Crippen LogP contribution in [0.5, 0.6) is 0 Å². The zero-order valence-corrected chi connectivity index (χ0v) is 25.8. The summed E-state index contributed by atoms with van der Waals surface area (Å²) in [5.74, 6) is -0.222. The number of benzene rings is 3. The topological polar surface area (TPSA) is 97.0 Å². The second-order valence-electron chi connectivity index (χ2n) is 11.6. The van der Waals surface area contributed by atoms with E-state index in [1.165, 1.54) is 17.0 Å². The number of likely N-dealkylation sites (tertiary alicyclic amines) is 1. The molecule has 15 heteroatoms. The number of carbonyl (C=O) groups excluding carboxylic acids is 3. The van der Waals surface area contributed by atoms with E-state index in [0.29, 0.717) is 56.1 Å². The minimum atomic E-state index is -4.55. The number of carbonyl (C=O) groups is 3. The fraction of sp³-hybridized carbons (Fsp3) is 0.364. The molecular weight excluding hydrogens is 642 g/mol. The molecule has 2 heterocycles. The van der Waals surface area contributed by atoms with E-state index < -0.39 is 35.5 Å². The van der Waals surface area contributed by atoms with Gasteiger partial charge in [-0.15, -0.1) is 0 Å². The number of amides is 5. The highest BCUT2D eigenvalue weighted by molar-refractivity contribution is 6.04. The fourth-order valence-electron chi connectivity index (χ4n) is 5.70. The summed E-state index contributed by atoms with van der Waals surface area (Å²) in [5, 5.41) is 7.67. The van der Waals surface area contributed by atoms with E-state index in [1.54, 1.807) is 23.1 Å². The van der Waals surface area contributed by atoms with Crippen LogP contribution in [-0.2, 0) is 12.4 Å². The van der Waals surface area contributed by atoms with Crippen LogP contribution in [0.25, 0.3) is 0 Å². The first-order chi connectivity index (χ1) is 22.8. The zero-order chi connectivity index (χ0) is 34.5. The van der Waals surface area contributed by atoms with Crippen LogP contribution >= 0.6 is 0 Å². The molecule has 3 aromatic rings. The Kier molecular flexibility index (Phi) is 10.3. The van der Waals surface area contributed by atoms with Crippen molar-refractivity contribution >= 4 is 40.7 Å². The molecule has 0 bridgehead atoms. The highest BCUT2D eigenvalue weighted by Gasteiger charge is 2.32. The van der Waals surface area contributed by atoms with Crippen molar-refractivity contribution < 1.29 is 40.7 Å². The smallest absolute Gasteiger partial charge is 0.369 e. The molecule has 2 saturated heterocycles. The van der Waals surface area contributed by atoms with Crippen molar-refractivity contribution in [3.8, 4) is 0 Å². The third-order valence-corrected chi connectivity index (χ3v) is 8.16. The van der Waals surface area contributed by atoms with Gasteiger partial charge in [-0.25, -0.2) is 9.59 Å². The summed E-state index contributed by atoms with van der Waals surface area (Å²) in [6.45, 7) is 2.53. The third-order valence-electron chi connectivity index (χ3n) is 8.16. The van der Waals surface area contributed by atoms with Gasteiger partial charge < -0.3 is 30.7 Å². The van der Waals surface area contributed by atoms with E-state index >= 15 is 0 Å². The Bertz CT molecular complexity index is 1620. The van der Waals surface area contributed by atoms with Crippen molar-refractivity contribution in [1.82, 2.24) is 9.80 Å². The van der Waals surface area contributed by atoms with E-state index in [0.717, 1.165) is 55.7 Å². The van der Waals surface area contributed by atoms with Gasteiger partial charge in [0.05, 0.1) is 16.7 Å². The van der Waals surface area contributed by atoms with Gasteiger partial charge in [-0.3, -0.25) is 4.79 Å². The summed E-state index contributed by atoms with van der Waals surface area (Å²) in [5.41, 5.74) is -0.323. The minimum absolute atomic E-state index is 0.0239. The third kappa shape index (κ3) is 8.69. The first kappa shape index (κ1) is 34.4. The lowest BCUT2D eigenvalue weighted by molar-refractivity contribution is -0.138. The van der Waals surface area contributed by atoms with Gasteiger partial charge in [-0.1, -0.05) is 6.07 Å². The zero-order valence-electron chi connectivity index (χ0n) is 25.8. The number of nitrogens with one attached hydrogen (secondary N) is 3. The minimum Gasteiger partial charge on any atom is -0.369 e. The second-order valence-corrected chi connectivity index (χ2v) is 11.6. The molecule has 9 nitrogen and oxygen atoms in total. The van der Waals surface area contributed by atoms with E-state index in [1.807, 2.05) is 4.90 Å². The van der Waals surface area contributed by atoms with E-state index in [-0.39, 0.29) is 23.8 Å². The second kappa shape index (κ2) is 14.4. The molecule has 0 aliphatic carbocycles. The lowest BCUT2D eigenvalue weighted by Gasteiger charge is -2.30. The van der Waals surface area contributed by atoms with Crippen LogP contribution in [0.1, 0.15) is 47.2 Å². The molecule has 0 radical (unpaired) electrons. The van der Waals surface area contributed by atoms with Crippen LogP contribution in [0.2, 0.25) is 0 Å². The number of anilines is 4. The number of alkyl halides is 6. The molecule has 0 spiro atoms. The molecule has 0 aromatic heterocycles. The standard InChI is InChI=1S/C33H34F6N6O3/c34-32(35,36)22-8-10-24(11-9-22)40-30(47)41-26-12-13-28(27(21-26)29(46)44-14-2-1-3-15-44)43-16-5-17-45(19-18-43)31(48)42-25-7-4-6-23(20-25)33(37,38)39/h4,6-13,20-21H,1-3,5,14-19H2,(H,42,48)(H2,40,41,47). The lowest BCUT2D eigenvalue weighted by Crippen LogP contribution is -2.39. The van der Waals surface area contributed by atoms with E-state index in [2.05, 4.69) is 16.0 Å². The number of urea groups is 2. The number of halogens is 6. The van der Waals surface area contributed by atoms with Crippen molar-refractivity contribution in [2.45, 2.75) is 38.0 Å². The van der Waals surface area contributed by atoms with E-state index in [4.69, 9.17) is 0 Å². The Labute approximate surface area is 272 Å². The van der Waals surface area contributed by atoms with Crippen molar-refractivity contribution in [3.05, 3.63) is 83.4 Å². The van der Waals surface area contributed by atoms with Gasteiger partial charge in [0.2, 0.25) is 0 Å². The monoisotopic (exact) mass is 676 g/mol. The Balaban J connectivity index is 1.29. The molecule has 5 amide bonds. The molecule has 2 fully saturated rings. The maximum Gasteiger partial charge on any atom is 0.416 e. The summed E-state index contributed by atoms with van der Waals surface area (Å²) in [6.07, 6.45) is -5.82. The molecular formula is C33H34F6N6O3. The number of rotatable bonds is 5. The first-order valence-corrected chi connectivity index (χ1v) is 15.4. The average molecular weight is 677 g/mol. The summed E-state index contributed by atoms with van der Waals surface area (Å²) < 4.78 is 78.1. The SMILES string of the molecule is O=C(Nc1ccc(C(F)(F)F)cc1)Nc1ccc(N2CCCN(C(=O)Nc3cccc(C(F)(F)F)c3)CC2)c(C(=O)N2CCCCC2)c1. The number of hydrogen-bond acceptors (Lipinski definition) is 4. The molecule has 2 aliphatic heterocycles. The van der Waals surface area contributed by atoms with Crippen LogP contribution in [-0.4, -0.2) is 67.0 Å². The van der Waals surface area contributed by atoms with Crippen LogP contribution in [0.3, 0.4) is 0 Å². The predicted molar refractivity (Wildman–Crippen MR) is 169 cm³/mol. The summed E-state index contributed by atoms with van der Waals surface area (Å²) in [4.78, 5) is 44.7. The molecule has 3 aromatic carbocycles. The van der Waals surface area contributed by atoms with Crippen molar-refractivity contribution in [3.63, 3.8) is 0 Å². The predicted octanol–water partition coefficient (Wildman–Crippen LogP) is 7.74. The quantitative estimate of drug-likeness (QED) is 0.241. The number of hydrogen-bond donors (Lipinski definition) is 3. The van der Waals surface area contributed by atoms with Crippen molar-refractivity contribution in [2.75, 3.05) is 60.1 Å². The molecule has 0 unspecified atom stereocenters. The number of nitrogens with zero attached hydrogens (tertiary/aromatic N) is 3. The molecule has 5 rings (SSSR count). The van der Waals surface area contributed by atoms with Crippen LogP contribution in [0.15, 0.2) is 66.7 Å². The normalized spacial score (nSPS) is 15.8. The molecule has 48 heavy (non-hydrogen) atoms. The van der Waals surface area contributed by atoms with Crippen LogP contribution in [0, 0.1) is 0 Å². The highest BCUT2D eigenvalue weighted by atomic mass is 19.4. The van der Waals surface area contributed by atoms with Crippen LogP contribution < -0.4 is 20.9 Å². The van der Waals surface area contributed by atoms with Crippen molar-refractivity contribution in [1.29, 1.82) is 0 Å². The first-order valence-electron chi connectivity index (χ1n) is 15.4. The maximum atomic E-state index is 13.8. The highest BCUT2D eigenvalue weighted by Crippen LogP contribution is 2.32. The molecule has 0 saturated carbocycles. The van der Waals surface area contributed by atoms with Gasteiger partial charge in [0.1, 0.15) is 0 Å². The van der Waals surface area contributed by atoms with Gasteiger partial charge in [0.25, 0.3) is 5.91 Å². The Morgan fingerprint density at radius 1 is 0.562 bits per heavy atom. The Morgan fingerprint density at radius 2 is 1.19 bits per heavy atom. The van der Waals surface area contributed by atoms with E-state index in [9.17, 15) is 40.7 Å². The Hall–Kier alpha value is -4.95. The Morgan fingerprint density at radius 3 is 1.88 bits per heavy atom. The van der Waals surface area contributed by atoms with Gasteiger partial charge in [0.15, 0.2) is 0 Å². The van der Waals surface area contributed by atoms with Gasteiger partial charge >= 0.3 is 24.4 Å². The van der Waals surface area contributed by atoms with Crippen LogP contribution in [0.4, 0.5) is 58.7 Å². The molecule has 2 aliphatic rings. The van der Waals surface area contributed by atoms with Gasteiger partial charge in [-0.2, -0.15) is 26.3 Å². The molecule has 0 atom stereocenters. The average Bonchev–Trinajstić information content (AvgIpc) is 3.31. The molecule has 3 N–H and O–H groups in total. The van der Waals surface area contributed by atoms with Gasteiger partial charge in [-0.05, 0) is 86.3 Å². The maximum absolute atomic E-state index is 13.8. The summed E-state index contributed by atoms with van der Waals surface area (Å²) >= 11 is 0. The summed E-state index contributed by atoms with van der Waals surface area (Å²) in [6, 6.07) is 12.0.